The van der Waals surface area contributed by atoms with Crippen LogP contribution in [0.15, 0.2) is 51.7 Å². The van der Waals surface area contributed by atoms with Crippen LogP contribution in [0.5, 0.6) is 0 Å². The van der Waals surface area contributed by atoms with Gasteiger partial charge in [0.25, 0.3) is 0 Å². The highest BCUT2D eigenvalue weighted by atomic mass is 79.9. The lowest BCUT2D eigenvalue weighted by molar-refractivity contribution is 1.14. The van der Waals surface area contributed by atoms with E-state index in [1.54, 1.807) is 0 Å². The Labute approximate surface area is 122 Å². The second-order valence-electron chi connectivity index (χ2n) is 4.30. The lowest BCUT2D eigenvalue weighted by atomic mass is 10.0. The van der Waals surface area contributed by atoms with Crippen LogP contribution in [0.1, 0.15) is 16.5 Å². The lowest BCUT2D eigenvalue weighted by Gasteiger charge is -2.10. The highest BCUT2D eigenvalue weighted by Gasteiger charge is 2.11. The number of fused-ring (bicyclic) bond motifs is 1. The summed E-state index contributed by atoms with van der Waals surface area (Å²) in [5.74, 6) is 0. The molecule has 0 bridgehead atoms. The minimum atomic E-state index is -0.240. The van der Waals surface area contributed by atoms with E-state index in [-0.39, 0.29) is 11.1 Å². The molecule has 3 rings (SSSR count). The largest absolute Gasteiger partial charge is 0.323 e. The molecule has 5 heteroatoms. The Kier molecular flexibility index (Phi) is 3.21. The third-order valence-corrected chi connectivity index (χ3v) is 4.03. The van der Waals surface area contributed by atoms with Crippen LogP contribution in [0.3, 0.4) is 0 Å². The molecule has 1 aromatic heterocycles. The van der Waals surface area contributed by atoms with Gasteiger partial charge in [-0.1, -0.05) is 34.1 Å². The van der Waals surface area contributed by atoms with Crippen molar-refractivity contribution in [3.05, 3.63) is 68.5 Å². The van der Waals surface area contributed by atoms with Gasteiger partial charge in [0.15, 0.2) is 0 Å². The number of hydrogen-bond donors (Lipinski definition) is 2. The first-order chi connectivity index (χ1) is 9.13. The third-order valence-electron chi connectivity index (χ3n) is 3.00. The van der Waals surface area contributed by atoms with E-state index >= 15 is 0 Å². The highest BCUT2D eigenvalue weighted by molar-refractivity contribution is 9.10. The molecule has 19 heavy (non-hydrogen) atoms. The molecule has 0 aliphatic carbocycles. The standard InChI is InChI=1S/C14H10BrClN2O/c15-10-4-1-8(2-5-10)13(16)9-3-6-11-12(7-9)18-14(19)17-11/h1-7,13H,(H2,17,18,19). The number of benzene rings is 2. The van der Waals surface area contributed by atoms with Crippen LogP contribution in [-0.4, -0.2) is 9.97 Å². The van der Waals surface area contributed by atoms with Gasteiger partial charge in [0.2, 0.25) is 0 Å². The fraction of sp³-hybridized carbons (Fsp3) is 0.0714. The van der Waals surface area contributed by atoms with Crippen molar-refractivity contribution >= 4 is 38.6 Å². The van der Waals surface area contributed by atoms with Gasteiger partial charge in [-0.15, -0.1) is 11.6 Å². The first-order valence-corrected chi connectivity index (χ1v) is 6.98. The summed E-state index contributed by atoms with van der Waals surface area (Å²) < 4.78 is 1.02. The second kappa shape index (κ2) is 4.87. The number of aromatic amines is 2. The van der Waals surface area contributed by atoms with Crippen molar-refractivity contribution in [3.8, 4) is 0 Å². The quantitative estimate of drug-likeness (QED) is 0.684. The number of H-pyrrole nitrogens is 2. The van der Waals surface area contributed by atoms with Gasteiger partial charge in [-0.3, -0.25) is 0 Å². The molecule has 0 fully saturated rings. The molecule has 0 saturated carbocycles. The summed E-state index contributed by atoms with van der Waals surface area (Å²) >= 11 is 9.87. The van der Waals surface area contributed by atoms with E-state index in [9.17, 15) is 4.79 Å². The molecule has 96 valence electrons. The number of nitrogens with one attached hydrogen (secondary N) is 2. The maximum absolute atomic E-state index is 11.2. The number of aromatic nitrogens is 2. The molecule has 0 radical (unpaired) electrons. The van der Waals surface area contributed by atoms with Crippen molar-refractivity contribution in [2.24, 2.45) is 0 Å². The van der Waals surface area contributed by atoms with E-state index in [4.69, 9.17) is 11.6 Å². The Balaban J connectivity index is 2.03. The SMILES string of the molecule is O=c1[nH]c2ccc(C(Cl)c3ccc(Br)cc3)cc2[nH]1. The van der Waals surface area contributed by atoms with Crippen LogP contribution in [0.4, 0.5) is 0 Å². The van der Waals surface area contributed by atoms with Crippen LogP contribution in [-0.2, 0) is 0 Å². The van der Waals surface area contributed by atoms with Gasteiger partial charge in [0.05, 0.1) is 16.4 Å². The molecule has 3 aromatic rings. The zero-order valence-corrected chi connectivity index (χ0v) is 12.1. The number of alkyl halides is 1. The average Bonchev–Trinajstić information content (AvgIpc) is 2.77. The molecule has 0 spiro atoms. The fourth-order valence-electron chi connectivity index (χ4n) is 2.03. The van der Waals surface area contributed by atoms with Gasteiger partial charge in [0, 0.05) is 4.47 Å². The topological polar surface area (TPSA) is 48.6 Å². The molecule has 2 N–H and O–H groups in total. The molecular formula is C14H10BrClN2O. The van der Waals surface area contributed by atoms with Crippen LogP contribution in [0, 0.1) is 0 Å². The van der Waals surface area contributed by atoms with E-state index in [2.05, 4.69) is 25.9 Å². The molecule has 2 aromatic carbocycles. The Morgan fingerprint density at radius 1 is 0.947 bits per heavy atom. The first kappa shape index (κ1) is 12.5. The Hall–Kier alpha value is -1.52. The summed E-state index contributed by atoms with van der Waals surface area (Å²) in [7, 11) is 0. The van der Waals surface area contributed by atoms with Gasteiger partial charge < -0.3 is 9.97 Å². The van der Waals surface area contributed by atoms with E-state index < -0.39 is 0 Å². The van der Waals surface area contributed by atoms with Crippen molar-refractivity contribution < 1.29 is 0 Å². The molecule has 1 unspecified atom stereocenters. The smallest absolute Gasteiger partial charge is 0.306 e. The second-order valence-corrected chi connectivity index (χ2v) is 5.65. The summed E-state index contributed by atoms with van der Waals surface area (Å²) in [6.45, 7) is 0. The van der Waals surface area contributed by atoms with Gasteiger partial charge >= 0.3 is 5.69 Å². The molecule has 0 amide bonds. The van der Waals surface area contributed by atoms with Crippen LogP contribution in [0.2, 0.25) is 0 Å². The molecule has 1 heterocycles. The van der Waals surface area contributed by atoms with Crippen LogP contribution >= 0.6 is 27.5 Å². The maximum Gasteiger partial charge on any atom is 0.323 e. The predicted octanol–water partition coefficient (Wildman–Crippen LogP) is 3.95. The molecule has 0 aliphatic heterocycles. The third kappa shape index (κ3) is 2.46. The average molecular weight is 338 g/mol. The van der Waals surface area contributed by atoms with Crippen molar-refractivity contribution in [1.29, 1.82) is 0 Å². The molecule has 0 saturated heterocycles. The Bertz CT molecular complexity index is 776. The van der Waals surface area contributed by atoms with E-state index in [1.165, 1.54) is 0 Å². The minimum absolute atomic E-state index is 0.207. The zero-order chi connectivity index (χ0) is 13.4. The normalized spacial score (nSPS) is 12.7. The van der Waals surface area contributed by atoms with Gasteiger partial charge in [-0.05, 0) is 35.4 Å². The summed E-state index contributed by atoms with van der Waals surface area (Å²) in [4.78, 5) is 16.7. The Morgan fingerprint density at radius 3 is 2.32 bits per heavy atom. The summed E-state index contributed by atoms with van der Waals surface area (Å²) in [5, 5.41) is -0.240. The first-order valence-electron chi connectivity index (χ1n) is 5.75. The highest BCUT2D eigenvalue weighted by Crippen LogP contribution is 2.30. The Morgan fingerprint density at radius 2 is 1.58 bits per heavy atom. The van der Waals surface area contributed by atoms with Crippen LogP contribution < -0.4 is 5.69 Å². The monoisotopic (exact) mass is 336 g/mol. The van der Waals surface area contributed by atoms with Crippen LogP contribution in [0.25, 0.3) is 11.0 Å². The minimum Gasteiger partial charge on any atom is -0.306 e. The van der Waals surface area contributed by atoms with Crippen molar-refractivity contribution in [3.63, 3.8) is 0 Å². The van der Waals surface area contributed by atoms with Gasteiger partial charge in [-0.25, -0.2) is 4.79 Å². The fourth-order valence-corrected chi connectivity index (χ4v) is 2.58. The van der Waals surface area contributed by atoms with Crippen molar-refractivity contribution in [1.82, 2.24) is 9.97 Å². The summed E-state index contributed by atoms with van der Waals surface area (Å²) in [5.41, 5.74) is 3.31. The predicted molar refractivity (Wildman–Crippen MR) is 80.8 cm³/mol. The molecule has 0 aliphatic rings. The van der Waals surface area contributed by atoms with Gasteiger partial charge in [-0.2, -0.15) is 0 Å². The molecule has 3 nitrogen and oxygen atoms in total. The van der Waals surface area contributed by atoms with Gasteiger partial charge in [0.1, 0.15) is 0 Å². The number of imidazole rings is 1. The zero-order valence-electron chi connectivity index (χ0n) is 9.78. The maximum atomic E-state index is 11.2. The number of hydrogen-bond acceptors (Lipinski definition) is 1. The van der Waals surface area contributed by atoms with Crippen molar-refractivity contribution in [2.45, 2.75) is 5.38 Å². The molecule has 1 atom stereocenters. The summed E-state index contributed by atoms with van der Waals surface area (Å²) in [6, 6.07) is 13.6. The van der Waals surface area contributed by atoms with E-state index in [0.717, 1.165) is 26.6 Å². The number of halogens is 2. The van der Waals surface area contributed by atoms with Crippen molar-refractivity contribution in [2.75, 3.05) is 0 Å². The van der Waals surface area contributed by atoms with E-state index in [0.29, 0.717) is 0 Å². The molecular weight excluding hydrogens is 328 g/mol. The summed E-state index contributed by atoms with van der Waals surface area (Å²) in [6.07, 6.45) is 0. The number of rotatable bonds is 2. The van der Waals surface area contributed by atoms with E-state index in [1.807, 2.05) is 42.5 Å². The lowest BCUT2D eigenvalue weighted by Crippen LogP contribution is -1.99.